The van der Waals surface area contributed by atoms with E-state index in [2.05, 4.69) is 4.98 Å². The number of carboxylic acid groups (broad SMARTS) is 1. The lowest BCUT2D eigenvalue weighted by molar-refractivity contribution is -0.137. The first kappa shape index (κ1) is 29.3. The first-order valence-corrected chi connectivity index (χ1v) is 12.2. The fraction of sp³-hybridized carbons (Fsp3) is 0.417. The van der Waals surface area contributed by atoms with Crippen LogP contribution >= 0.6 is 11.6 Å². The van der Waals surface area contributed by atoms with Crippen LogP contribution in [0.1, 0.15) is 17.7 Å². The maximum atomic E-state index is 14.7. The number of aromatic nitrogens is 1. The van der Waals surface area contributed by atoms with Crippen LogP contribution < -0.4 is 9.80 Å². The number of halogens is 6. The fourth-order valence-electron chi connectivity index (χ4n) is 4.79. The number of rotatable bonds is 5. The van der Waals surface area contributed by atoms with Crippen molar-refractivity contribution in [1.29, 1.82) is 0 Å². The Bertz CT molecular complexity index is 1380. The Morgan fingerprint density at radius 2 is 1.93 bits per heavy atom. The lowest BCUT2D eigenvalue weighted by Crippen LogP contribution is -2.47. The van der Waals surface area contributed by atoms with Gasteiger partial charge in [-0.2, -0.15) is 13.2 Å². The largest absolute Gasteiger partial charge is 0.465 e. The van der Waals surface area contributed by atoms with Crippen molar-refractivity contribution in [2.75, 3.05) is 43.0 Å². The van der Waals surface area contributed by atoms with E-state index in [1.165, 1.54) is 6.92 Å². The molecule has 2 aliphatic rings. The SMILES string of the molecule is Cc1cc(C(F)(F)F)cc(N2C(=O)N(CC3(O)CCN(C(=O)O)C3)C[C@H]2C(=O)N(C)c2ccc(F)c(Cl)c2F)n1. The molecule has 4 rings (SSSR count). The topological polar surface area (TPSA) is 118 Å². The van der Waals surface area contributed by atoms with E-state index in [1.807, 2.05) is 0 Å². The van der Waals surface area contributed by atoms with E-state index in [0.29, 0.717) is 11.0 Å². The number of anilines is 2. The lowest BCUT2D eigenvalue weighted by atomic mass is 10.0. The normalized spacial score (nSPS) is 21.4. The zero-order valence-corrected chi connectivity index (χ0v) is 21.8. The number of benzene rings is 1. The Balaban J connectivity index is 1.73. The molecule has 2 aliphatic heterocycles. The van der Waals surface area contributed by atoms with Crippen LogP contribution in [0, 0.1) is 18.6 Å². The van der Waals surface area contributed by atoms with Gasteiger partial charge in [-0.25, -0.2) is 23.4 Å². The highest BCUT2D eigenvalue weighted by atomic mass is 35.5. The van der Waals surface area contributed by atoms with Gasteiger partial charge in [0.15, 0.2) is 5.82 Å². The number of alkyl halides is 3. The number of hydrogen-bond donors (Lipinski definition) is 2. The van der Waals surface area contributed by atoms with Crippen LogP contribution in [-0.4, -0.2) is 87.9 Å². The number of nitrogens with zero attached hydrogens (tertiary/aromatic N) is 5. The van der Waals surface area contributed by atoms with E-state index in [1.54, 1.807) is 0 Å². The first-order valence-electron chi connectivity index (χ1n) is 11.8. The van der Waals surface area contributed by atoms with Crippen molar-refractivity contribution in [1.82, 2.24) is 14.8 Å². The molecule has 0 bridgehead atoms. The molecule has 40 heavy (non-hydrogen) atoms. The van der Waals surface area contributed by atoms with Crippen LogP contribution in [0.2, 0.25) is 5.02 Å². The van der Waals surface area contributed by atoms with Crippen molar-refractivity contribution in [3.05, 3.63) is 52.2 Å². The van der Waals surface area contributed by atoms with Crippen molar-refractivity contribution in [2.24, 2.45) is 0 Å². The molecule has 1 aromatic carbocycles. The van der Waals surface area contributed by atoms with Crippen molar-refractivity contribution < 1.29 is 46.5 Å². The number of likely N-dealkylation sites (tertiary alicyclic amines) is 1. The van der Waals surface area contributed by atoms with Gasteiger partial charge in [0.2, 0.25) is 0 Å². The van der Waals surface area contributed by atoms with E-state index in [9.17, 15) is 46.5 Å². The first-order chi connectivity index (χ1) is 18.5. The minimum absolute atomic E-state index is 0.0261. The fourth-order valence-corrected chi connectivity index (χ4v) is 4.95. The van der Waals surface area contributed by atoms with Crippen LogP contribution in [-0.2, 0) is 11.0 Å². The third-order valence-electron chi connectivity index (χ3n) is 6.78. The summed E-state index contributed by atoms with van der Waals surface area (Å²) in [6, 6.07) is 0.537. The maximum absolute atomic E-state index is 14.7. The van der Waals surface area contributed by atoms with Crippen LogP contribution in [0.4, 0.5) is 43.0 Å². The molecule has 0 radical (unpaired) electrons. The van der Waals surface area contributed by atoms with Gasteiger partial charge < -0.3 is 24.9 Å². The molecule has 0 spiro atoms. The monoisotopic (exact) mass is 591 g/mol. The molecule has 2 aromatic rings. The van der Waals surface area contributed by atoms with Gasteiger partial charge in [-0.1, -0.05) is 11.6 Å². The number of carbonyl (C=O) groups is 3. The third-order valence-corrected chi connectivity index (χ3v) is 7.12. The second kappa shape index (κ2) is 10.4. The van der Waals surface area contributed by atoms with E-state index in [0.717, 1.165) is 39.9 Å². The third kappa shape index (κ3) is 5.47. The zero-order valence-electron chi connectivity index (χ0n) is 21.0. The summed E-state index contributed by atoms with van der Waals surface area (Å²) in [5, 5.41) is 19.3. The van der Waals surface area contributed by atoms with Crippen molar-refractivity contribution in [2.45, 2.75) is 31.2 Å². The molecule has 16 heteroatoms. The molecule has 0 saturated carbocycles. The number of aryl methyl sites for hydroxylation is 1. The molecule has 3 heterocycles. The van der Waals surface area contributed by atoms with Crippen LogP contribution in [0.25, 0.3) is 0 Å². The number of urea groups is 1. The van der Waals surface area contributed by atoms with Crippen LogP contribution in [0.3, 0.4) is 0 Å². The number of amides is 4. The van der Waals surface area contributed by atoms with Gasteiger partial charge in [0.1, 0.15) is 28.3 Å². The molecule has 10 nitrogen and oxygen atoms in total. The highest BCUT2D eigenvalue weighted by molar-refractivity contribution is 6.31. The predicted molar refractivity (Wildman–Crippen MR) is 131 cm³/mol. The standard InChI is InChI=1S/C24H23ClF5N5O5/c1-12-7-13(24(28,29)30)8-17(31-12)35-16(20(36)32(2)15-4-3-14(26)18(25)19(15)27)9-34(21(35)37)11-23(40)5-6-33(10-23)22(38)39/h3-4,7-8,16,40H,5-6,9-11H2,1-2H3,(H,38,39)/t16-,23?/m0/s1. The van der Waals surface area contributed by atoms with Gasteiger partial charge in [0, 0.05) is 19.3 Å². The summed E-state index contributed by atoms with van der Waals surface area (Å²) in [6.07, 6.45) is -6.14. The zero-order chi connectivity index (χ0) is 29.7. The molecule has 2 saturated heterocycles. The van der Waals surface area contributed by atoms with Gasteiger partial charge in [-0.05, 0) is 37.6 Å². The number of hydrogen-bond acceptors (Lipinski definition) is 5. The van der Waals surface area contributed by atoms with Gasteiger partial charge in [0.05, 0.1) is 30.9 Å². The summed E-state index contributed by atoms with van der Waals surface area (Å²) < 4.78 is 69.1. The molecule has 1 aromatic heterocycles. The summed E-state index contributed by atoms with van der Waals surface area (Å²) in [5.74, 6) is -3.85. The molecule has 2 atom stereocenters. The summed E-state index contributed by atoms with van der Waals surface area (Å²) >= 11 is 5.63. The van der Waals surface area contributed by atoms with E-state index in [4.69, 9.17) is 11.6 Å². The lowest BCUT2D eigenvalue weighted by Gasteiger charge is -2.28. The number of β-amino-alcohol motifs (C(OH)–C–C–N with tert-alkyl or cyclic N) is 1. The number of pyridine rings is 1. The van der Waals surface area contributed by atoms with Gasteiger partial charge in [-0.15, -0.1) is 0 Å². The van der Waals surface area contributed by atoms with E-state index < -0.39 is 82.7 Å². The Morgan fingerprint density at radius 1 is 1.25 bits per heavy atom. The summed E-state index contributed by atoms with van der Waals surface area (Å²) in [6.45, 7) is -0.0245. The molecule has 2 fully saturated rings. The average Bonchev–Trinajstić information content (AvgIpc) is 3.41. The summed E-state index contributed by atoms with van der Waals surface area (Å²) in [5.41, 5.74) is -3.40. The van der Waals surface area contributed by atoms with Crippen molar-refractivity contribution in [3.63, 3.8) is 0 Å². The van der Waals surface area contributed by atoms with Gasteiger partial charge in [-0.3, -0.25) is 9.69 Å². The second-order valence-corrected chi connectivity index (χ2v) is 10.1. The van der Waals surface area contributed by atoms with Crippen LogP contribution in [0.5, 0.6) is 0 Å². The summed E-state index contributed by atoms with van der Waals surface area (Å²) in [4.78, 5) is 45.8. The highest BCUT2D eigenvalue weighted by Crippen LogP contribution is 2.35. The molecular weight excluding hydrogens is 569 g/mol. The molecule has 2 N–H and O–H groups in total. The second-order valence-electron chi connectivity index (χ2n) is 9.67. The smallest absolute Gasteiger partial charge is 0.416 e. The van der Waals surface area contributed by atoms with E-state index in [-0.39, 0.29) is 25.2 Å². The molecular formula is C24H23ClF5N5O5. The highest BCUT2D eigenvalue weighted by Gasteiger charge is 2.49. The Labute approximate surface area is 229 Å². The minimum atomic E-state index is -4.81. The Kier molecular flexibility index (Phi) is 7.58. The average molecular weight is 592 g/mol. The number of carbonyl (C=O) groups excluding carboxylic acids is 2. The van der Waals surface area contributed by atoms with Crippen molar-refractivity contribution >= 4 is 41.1 Å². The van der Waals surface area contributed by atoms with Gasteiger partial charge >= 0.3 is 18.3 Å². The molecule has 216 valence electrons. The maximum Gasteiger partial charge on any atom is 0.416 e. The number of aliphatic hydroxyl groups is 1. The Hall–Kier alpha value is -3.72. The quantitative estimate of drug-likeness (QED) is 0.404. The Morgan fingerprint density at radius 3 is 2.52 bits per heavy atom. The predicted octanol–water partition coefficient (Wildman–Crippen LogP) is 3.73. The molecule has 0 aliphatic carbocycles. The summed E-state index contributed by atoms with van der Waals surface area (Å²) in [7, 11) is 1.11. The van der Waals surface area contributed by atoms with Crippen LogP contribution in [0.15, 0.2) is 24.3 Å². The molecule has 4 amide bonds. The van der Waals surface area contributed by atoms with Gasteiger partial charge in [0.25, 0.3) is 5.91 Å². The van der Waals surface area contributed by atoms with E-state index >= 15 is 0 Å². The van der Waals surface area contributed by atoms with Crippen molar-refractivity contribution in [3.8, 4) is 0 Å². The minimum Gasteiger partial charge on any atom is -0.465 e. The molecule has 1 unspecified atom stereocenters. The number of likely N-dealkylation sites (N-methyl/N-ethyl adjacent to an activating group) is 1.